The van der Waals surface area contributed by atoms with E-state index in [1.54, 1.807) is 0 Å². The van der Waals surface area contributed by atoms with Crippen molar-refractivity contribution in [2.24, 2.45) is 5.92 Å². The zero-order valence-corrected chi connectivity index (χ0v) is 18.2. The number of nitrogens with one attached hydrogen (secondary N) is 1. The van der Waals surface area contributed by atoms with Gasteiger partial charge in [-0.25, -0.2) is 0 Å². The van der Waals surface area contributed by atoms with Crippen molar-refractivity contribution >= 4 is 11.8 Å². The molecule has 0 aromatic carbocycles. The van der Waals surface area contributed by atoms with Gasteiger partial charge in [0.05, 0.1) is 17.8 Å². The van der Waals surface area contributed by atoms with Crippen LogP contribution in [-0.4, -0.2) is 39.1 Å². The molecule has 2 atom stereocenters. The van der Waals surface area contributed by atoms with Gasteiger partial charge in [-0.15, -0.1) is 0 Å². The molecule has 1 aromatic rings. The third-order valence-corrected chi connectivity index (χ3v) is 6.93. The first kappa shape index (κ1) is 20.4. The molecule has 2 unspecified atom stereocenters. The molecule has 1 aliphatic heterocycles. The predicted molar refractivity (Wildman–Crippen MR) is 112 cm³/mol. The first-order valence-corrected chi connectivity index (χ1v) is 11.5. The van der Waals surface area contributed by atoms with Crippen LogP contribution in [0, 0.1) is 5.92 Å². The Labute approximate surface area is 174 Å². The van der Waals surface area contributed by atoms with Crippen LogP contribution in [0.3, 0.4) is 0 Å². The molecule has 2 aliphatic carbocycles. The molecule has 1 aromatic heterocycles. The van der Waals surface area contributed by atoms with E-state index in [1.165, 1.54) is 12.1 Å². The molecule has 160 valence electrons. The van der Waals surface area contributed by atoms with E-state index in [1.807, 2.05) is 11.1 Å². The second kappa shape index (κ2) is 8.11. The highest BCUT2D eigenvalue weighted by molar-refractivity contribution is 5.89. The molecule has 1 saturated carbocycles. The van der Waals surface area contributed by atoms with Crippen LogP contribution in [0.1, 0.15) is 95.9 Å². The zero-order chi connectivity index (χ0) is 20.6. The maximum atomic E-state index is 13.2. The smallest absolute Gasteiger partial charge is 0.243 e. The molecule has 29 heavy (non-hydrogen) atoms. The Morgan fingerprint density at radius 2 is 1.79 bits per heavy atom. The standard InChI is InChI=1S/C23H36N4O2/c1-23(2,3)27-19-12-7-11-18(17(19)15-24-27)25-21(28)20-13-8-14-26(20)22(29)16-9-5-4-6-10-16/h15-16,18,20H,4-14H2,1-3H3,(H,25,28). The fourth-order valence-corrected chi connectivity index (χ4v) is 5.44. The van der Waals surface area contributed by atoms with Gasteiger partial charge in [0.25, 0.3) is 0 Å². The molecule has 6 nitrogen and oxygen atoms in total. The average molecular weight is 401 g/mol. The highest BCUT2D eigenvalue weighted by Gasteiger charge is 2.38. The van der Waals surface area contributed by atoms with Crippen LogP contribution in [0.4, 0.5) is 0 Å². The van der Waals surface area contributed by atoms with Crippen LogP contribution in [0.25, 0.3) is 0 Å². The van der Waals surface area contributed by atoms with Crippen LogP contribution < -0.4 is 5.32 Å². The van der Waals surface area contributed by atoms with Crippen molar-refractivity contribution in [2.75, 3.05) is 6.54 Å². The van der Waals surface area contributed by atoms with E-state index in [2.05, 4.69) is 35.9 Å². The van der Waals surface area contributed by atoms with Gasteiger partial charge in [0.1, 0.15) is 6.04 Å². The predicted octanol–water partition coefficient (Wildman–Crippen LogP) is 3.70. The summed E-state index contributed by atoms with van der Waals surface area (Å²) >= 11 is 0. The molecule has 1 N–H and O–H groups in total. The second-order valence-electron chi connectivity index (χ2n) is 10.1. The van der Waals surface area contributed by atoms with Gasteiger partial charge >= 0.3 is 0 Å². The molecule has 0 radical (unpaired) electrons. The molecule has 2 heterocycles. The lowest BCUT2D eigenvalue weighted by Gasteiger charge is -2.32. The number of nitrogens with zero attached hydrogens (tertiary/aromatic N) is 3. The molecular formula is C23H36N4O2. The topological polar surface area (TPSA) is 67.2 Å². The van der Waals surface area contributed by atoms with Gasteiger partial charge in [-0.3, -0.25) is 14.3 Å². The average Bonchev–Trinajstić information content (AvgIpc) is 3.35. The van der Waals surface area contributed by atoms with Gasteiger partial charge in [-0.2, -0.15) is 5.10 Å². The first-order valence-electron chi connectivity index (χ1n) is 11.5. The van der Waals surface area contributed by atoms with E-state index in [9.17, 15) is 9.59 Å². The zero-order valence-electron chi connectivity index (χ0n) is 18.2. The number of hydrogen-bond donors (Lipinski definition) is 1. The van der Waals surface area contributed by atoms with Crippen LogP contribution in [0.15, 0.2) is 6.20 Å². The summed E-state index contributed by atoms with van der Waals surface area (Å²) in [5.74, 6) is 0.365. The van der Waals surface area contributed by atoms with E-state index in [0.29, 0.717) is 0 Å². The van der Waals surface area contributed by atoms with Gasteiger partial charge in [0.2, 0.25) is 11.8 Å². The Kier molecular flexibility index (Phi) is 5.71. The quantitative estimate of drug-likeness (QED) is 0.841. The largest absolute Gasteiger partial charge is 0.347 e. The van der Waals surface area contributed by atoms with Crippen LogP contribution in [-0.2, 0) is 21.5 Å². The minimum atomic E-state index is -0.299. The van der Waals surface area contributed by atoms with Crippen LogP contribution in [0.2, 0.25) is 0 Å². The summed E-state index contributed by atoms with van der Waals surface area (Å²) in [6.07, 6.45) is 12.1. The fraction of sp³-hybridized carbons (Fsp3) is 0.783. The molecule has 3 aliphatic rings. The first-order chi connectivity index (χ1) is 13.9. The van der Waals surface area contributed by atoms with Crippen molar-refractivity contribution < 1.29 is 9.59 Å². The second-order valence-corrected chi connectivity index (χ2v) is 10.1. The SMILES string of the molecule is CC(C)(C)n1ncc2c1CCCC2NC(=O)C1CCCN1C(=O)C1CCCCC1. The highest BCUT2D eigenvalue weighted by Crippen LogP contribution is 2.33. The molecule has 4 rings (SSSR count). The van der Waals surface area contributed by atoms with E-state index in [4.69, 9.17) is 0 Å². The van der Waals surface area contributed by atoms with Crippen molar-refractivity contribution in [3.63, 3.8) is 0 Å². The number of aromatic nitrogens is 2. The van der Waals surface area contributed by atoms with E-state index < -0.39 is 0 Å². The lowest BCUT2D eigenvalue weighted by atomic mass is 9.88. The Morgan fingerprint density at radius 3 is 2.52 bits per heavy atom. The summed E-state index contributed by atoms with van der Waals surface area (Å²) in [5.41, 5.74) is 2.34. The van der Waals surface area contributed by atoms with Crippen molar-refractivity contribution in [1.29, 1.82) is 0 Å². The number of fused-ring (bicyclic) bond motifs is 1. The Balaban J connectivity index is 1.46. The van der Waals surface area contributed by atoms with Crippen molar-refractivity contribution in [3.8, 4) is 0 Å². The normalized spacial score (nSPS) is 25.7. The molecule has 0 spiro atoms. The van der Waals surface area contributed by atoms with Gasteiger partial charge in [0, 0.05) is 23.7 Å². The minimum Gasteiger partial charge on any atom is -0.347 e. The van der Waals surface area contributed by atoms with Crippen LogP contribution >= 0.6 is 0 Å². The third-order valence-electron chi connectivity index (χ3n) is 6.93. The summed E-state index contributed by atoms with van der Waals surface area (Å²) in [4.78, 5) is 28.1. The lowest BCUT2D eigenvalue weighted by molar-refractivity contribution is -0.142. The summed E-state index contributed by atoms with van der Waals surface area (Å²) < 4.78 is 2.11. The summed E-state index contributed by atoms with van der Waals surface area (Å²) in [5, 5.41) is 7.91. The molecule has 1 saturated heterocycles. The third kappa shape index (κ3) is 4.08. The number of carbonyl (C=O) groups excluding carboxylic acids is 2. The van der Waals surface area contributed by atoms with Gasteiger partial charge in [0.15, 0.2) is 0 Å². The lowest BCUT2D eigenvalue weighted by Crippen LogP contribution is -2.49. The fourth-order valence-electron chi connectivity index (χ4n) is 5.44. The molecular weight excluding hydrogens is 364 g/mol. The number of hydrogen-bond acceptors (Lipinski definition) is 3. The maximum absolute atomic E-state index is 13.2. The summed E-state index contributed by atoms with van der Waals surface area (Å²) in [7, 11) is 0. The monoisotopic (exact) mass is 400 g/mol. The number of amides is 2. The molecule has 2 amide bonds. The minimum absolute atomic E-state index is 0.00887. The number of carbonyl (C=O) groups is 2. The Bertz CT molecular complexity index is 757. The van der Waals surface area contributed by atoms with E-state index in [0.717, 1.165) is 69.9 Å². The van der Waals surface area contributed by atoms with Gasteiger partial charge in [-0.05, 0) is 65.7 Å². The van der Waals surface area contributed by atoms with E-state index >= 15 is 0 Å². The van der Waals surface area contributed by atoms with E-state index in [-0.39, 0.29) is 35.4 Å². The van der Waals surface area contributed by atoms with Crippen molar-refractivity contribution in [1.82, 2.24) is 20.0 Å². The highest BCUT2D eigenvalue weighted by atomic mass is 16.2. The molecule has 0 bridgehead atoms. The maximum Gasteiger partial charge on any atom is 0.243 e. The molecule has 2 fully saturated rings. The summed E-state index contributed by atoms with van der Waals surface area (Å²) in [6.45, 7) is 7.21. The Morgan fingerprint density at radius 1 is 1.03 bits per heavy atom. The number of rotatable bonds is 3. The Hall–Kier alpha value is -1.85. The number of likely N-dealkylation sites (tertiary alicyclic amines) is 1. The van der Waals surface area contributed by atoms with Crippen molar-refractivity contribution in [3.05, 3.63) is 17.5 Å². The van der Waals surface area contributed by atoms with Crippen molar-refractivity contribution in [2.45, 2.75) is 103 Å². The summed E-state index contributed by atoms with van der Waals surface area (Å²) in [6, 6.07) is -0.290. The van der Waals surface area contributed by atoms with Crippen LogP contribution in [0.5, 0.6) is 0 Å². The van der Waals surface area contributed by atoms with Gasteiger partial charge in [-0.1, -0.05) is 19.3 Å². The van der Waals surface area contributed by atoms with Gasteiger partial charge < -0.3 is 10.2 Å². The molecule has 6 heteroatoms.